The molecule has 0 heterocycles. The minimum absolute atomic E-state index is 0.0930. The zero-order valence-corrected chi connectivity index (χ0v) is 17.1. The third-order valence-electron chi connectivity index (χ3n) is 9.23. The van der Waals surface area contributed by atoms with Gasteiger partial charge >= 0.3 is 0 Å². The molecule has 0 bridgehead atoms. The second kappa shape index (κ2) is 6.09. The van der Waals surface area contributed by atoms with E-state index in [0.29, 0.717) is 12.0 Å². The molecule has 0 radical (unpaired) electrons. The molecular weight excluding hydrogens is 359 g/mol. The van der Waals surface area contributed by atoms with Gasteiger partial charge in [-0.25, -0.2) is 4.39 Å². The number of carbonyl (C=O) groups is 2. The van der Waals surface area contributed by atoms with Gasteiger partial charge < -0.3 is 10.2 Å². The number of alkyl halides is 1. The van der Waals surface area contributed by atoms with Gasteiger partial charge in [0.25, 0.3) is 0 Å². The van der Waals surface area contributed by atoms with Gasteiger partial charge in [0.05, 0.1) is 6.10 Å². The van der Waals surface area contributed by atoms with E-state index in [2.05, 4.69) is 0 Å². The topological polar surface area (TPSA) is 74.6 Å². The van der Waals surface area contributed by atoms with Gasteiger partial charge in [-0.1, -0.05) is 33.8 Å². The summed E-state index contributed by atoms with van der Waals surface area (Å²) in [6.45, 7) is 7.57. The Hall–Kier alpha value is -1.33. The van der Waals surface area contributed by atoms with E-state index in [-0.39, 0.29) is 41.7 Å². The van der Waals surface area contributed by atoms with Crippen LogP contribution < -0.4 is 0 Å². The number of rotatable bonds is 2. The molecule has 0 aromatic rings. The maximum atomic E-state index is 15.4. The molecule has 0 amide bonds. The van der Waals surface area contributed by atoms with Crippen molar-refractivity contribution in [2.24, 2.45) is 39.9 Å². The number of aliphatic hydroxyl groups is 2. The molecule has 3 saturated carbocycles. The first-order valence-electron chi connectivity index (χ1n) is 10.4. The van der Waals surface area contributed by atoms with Gasteiger partial charge in [0.1, 0.15) is 12.8 Å². The summed E-state index contributed by atoms with van der Waals surface area (Å²) in [5.41, 5.74) is -1.31. The van der Waals surface area contributed by atoms with Crippen LogP contribution in [0.25, 0.3) is 0 Å². The maximum absolute atomic E-state index is 15.4. The Balaban J connectivity index is 1.84. The molecule has 154 valence electrons. The Morgan fingerprint density at radius 1 is 1.25 bits per heavy atom. The normalized spacial score (nSPS) is 52.5. The van der Waals surface area contributed by atoms with Gasteiger partial charge in [-0.05, 0) is 60.2 Å². The van der Waals surface area contributed by atoms with E-state index in [9.17, 15) is 19.8 Å². The fourth-order valence-electron chi connectivity index (χ4n) is 7.76. The molecule has 4 rings (SSSR count). The number of halogens is 1. The van der Waals surface area contributed by atoms with E-state index in [4.69, 9.17) is 0 Å². The predicted molar refractivity (Wildman–Crippen MR) is 103 cm³/mol. The molecule has 0 spiro atoms. The van der Waals surface area contributed by atoms with E-state index in [1.807, 2.05) is 27.7 Å². The van der Waals surface area contributed by atoms with Gasteiger partial charge in [-0.3, -0.25) is 9.59 Å². The van der Waals surface area contributed by atoms with Gasteiger partial charge in [-0.15, -0.1) is 0 Å². The zero-order valence-electron chi connectivity index (χ0n) is 17.1. The summed E-state index contributed by atoms with van der Waals surface area (Å²) < 4.78 is 15.4. The highest BCUT2D eigenvalue weighted by Crippen LogP contribution is 2.72. The van der Waals surface area contributed by atoms with Crippen LogP contribution in [0.3, 0.4) is 0 Å². The molecule has 0 saturated heterocycles. The van der Waals surface area contributed by atoms with Crippen LogP contribution in [0.2, 0.25) is 0 Å². The van der Waals surface area contributed by atoms with Crippen LogP contribution in [0.4, 0.5) is 4.39 Å². The van der Waals surface area contributed by atoms with Crippen molar-refractivity contribution in [1.29, 1.82) is 0 Å². The molecule has 0 aliphatic heterocycles. The van der Waals surface area contributed by atoms with E-state index in [0.717, 1.165) is 6.42 Å². The molecule has 0 aromatic heterocycles. The molecule has 4 aliphatic rings. The minimum atomic E-state index is -1.23. The van der Waals surface area contributed by atoms with Gasteiger partial charge in [0, 0.05) is 16.7 Å². The standard InChI is InChI=1S/C23H31FO4/c1-12-7-14-15-9-17(24)16-8-13(26)5-6-22(16,3)23(15,4)19(28)10-21(14,2)20(12)18(27)11-25/h5-6,8,12,14-15,17,19-20,25,28H,7,9-11H2,1-4H3/t12-,14+,15?,17+,19?,20-,21?,22?,23-/m1/s1. The SMILES string of the molecule is C[C@@H]1C[C@H]2C3C[C@H](F)C4=CC(=O)C=CC4(C)[C@@]3(C)C(O)CC2(C)[C@H]1C(=O)CO. The van der Waals surface area contributed by atoms with Crippen LogP contribution in [0.1, 0.15) is 47.0 Å². The fourth-order valence-corrected chi connectivity index (χ4v) is 7.76. The molecule has 4 aliphatic carbocycles. The highest BCUT2D eigenvalue weighted by molar-refractivity contribution is 6.01. The van der Waals surface area contributed by atoms with E-state index < -0.39 is 35.1 Å². The molecule has 2 N–H and O–H groups in total. The smallest absolute Gasteiger partial charge is 0.178 e. The number of carbonyl (C=O) groups excluding carboxylic acids is 2. The number of fused-ring (bicyclic) bond motifs is 5. The fraction of sp³-hybridized carbons (Fsp3) is 0.739. The third-order valence-corrected chi connectivity index (χ3v) is 9.23. The first-order valence-corrected chi connectivity index (χ1v) is 10.4. The van der Waals surface area contributed by atoms with Crippen molar-refractivity contribution in [3.8, 4) is 0 Å². The average molecular weight is 390 g/mol. The maximum Gasteiger partial charge on any atom is 0.178 e. The van der Waals surface area contributed by atoms with Gasteiger partial charge in [0.15, 0.2) is 11.6 Å². The first kappa shape index (κ1) is 20.0. The largest absolute Gasteiger partial charge is 0.392 e. The second-order valence-corrected chi connectivity index (χ2v) is 10.3. The molecule has 5 heteroatoms. The Morgan fingerprint density at radius 3 is 2.57 bits per heavy atom. The van der Waals surface area contributed by atoms with Crippen LogP contribution >= 0.6 is 0 Å². The first-order chi connectivity index (χ1) is 13.0. The Kier molecular flexibility index (Phi) is 4.34. The van der Waals surface area contributed by atoms with Crippen molar-refractivity contribution in [2.45, 2.75) is 59.2 Å². The summed E-state index contributed by atoms with van der Waals surface area (Å²) in [6, 6.07) is 0. The van der Waals surface area contributed by atoms with Crippen molar-refractivity contribution < 1.29 is 24.2 Å². The number of ketones is 2. The van der Waals surface area contributed by atoms with Crippen LogP contribution in [0, 0.1) is 39.9 Å². The second-order valence-electron chi connectivity index (χ2n) is 10.3. The molecule has 4 unspecified atom stereocenters. The number of aliphatic hydroxyl groups excluding tert-OH is 2. The van der Waals surface area contributed by atoms with E-state index >= 15 is 4.39 Å². The number of hydrogen-bond donors (Lipinski definition) is 2. The minimum Gasteiger partial charge on any atom is -0.392 e. The summed E-state index contributed by atoms with van der Waals surface area (Å²) in [4.78, 5) is 24.5. The molecule has 28 heavy (non-hydrogen) atoms. The number of Topliss-reactive ketones (excluding diaryl/α,β-unsaturated/α-hetero) is 1. The van der Waals surface area contributed by atoms with Gasteiger partial charge in [-0.2, -0.15) is 0 Å². The van der Waals surface area contributed by atoms with Gasteiger partial charge in [0.2, 0.25) is 0 Å². The van der Waals surface area contributed by atoms with Crippen molar-refractivity contribution in [2.75, 3.05) is 6.61 Å². The molecule has 4 nitrogen and oxygen atoms in total. The Labute approximate surface area is 165 Å². The summed E-state index contributed by atoms with van der Waals surface area (Å²) in [5.74, 6) is -0.594. The summed E-state index contributed by atoms with van der Waals surface area (Å²) in [5, 5.41) is 21.0. The number of allylic oxidation sites excluding steroid dienone is 4. The zero-order chi connectivity index (χ0) is 20.6. The van der Waals surface area contributed by atoms with Crippen LogP contribution in [0.5, 0.6) is 0 Å². The van der Waals surface area contributed by atoms with Crippen LogP contribution in [-0.2, 0) is 9.59 Å². The lowest BCUT2D eigenvalue weighted by Gasteiger charge is -2.65. The van der Waals surface area contributed by atoms with Crippen molar-refractivity contribution >= 4 is 11.6 Å². The predicted octanol–water partition coefficient (Wildman–Crippen LogP) is 3.03. The van der Waals surface area contributed by atoms with E-state index in [1.165, 1.54) is 12.2 Å². The summed E-state index contributed by atoms with van der Waals surface area (Å²) in [7, 11) is 0. The lowest BCUT2D eigenvalue weighted by Crippen LogP contribution is -2.64. The average Bonchev–Trinajstić information content (AvgIpc) is 2.89. The van der Waals surface area contributed by atoms with E-state index in [1.54, 1.807) is 6.08 Å². The Bertz CT molecular complexity index is 787. The van der Waals surface area contributed by atoms with Crippen molar-refractivity contribution in [3.05, 3.63) is 23.8 Å². The lowest BCUT2D eigenvalue weighted by atomic mass is 9.40. The Morgan fingerprint density at radius 2 is 1.93 bits per heavy atom. The summed E-state index contributed by atoms with van der Waals surface area (Å²) in [6.07, 6.45) is 4.28. The molecule has 9 atom stereocenters. The van der Waals surface area contributed by atoms with Crippen LogP contribution in [-0.4, -0.2) is 40.7 Å². The molecular formula is C23H31FO4. The lowest BCUT2D eigenvalue weighted by molar-refractivity contribution is -0.185. The highest BCUT2D eigenvalue weighted by Gasteiger charge is 2.70. The quantitative estimate of drug-likeness (QED) is 0.760. The molecule has 0 aromatic carbocycles. The highest BCUT2D eigenvalue weighted by atomic mass is 19.1. The van der Waals surface area contributed by atoms with Crippen molar-refractivity contribution in [3.63, 3.8) is 0 Å². The van der Waals surface area contributed by atoms with Crippen molar-refractivity contribution in [1.82, 2.24) is 0 Å². The summed E-state index contributed by atoms with van der Waals surface area (Å²) >= 11 is 0. The third kappa shape index (κ3) is 2.23. The molecule has 3 fully saturated rings. The monoisotopic (exact) mass is 390 g/mol. The van der Waals surface area contributed by atoms with Crippen LogP contribution in [0.15, 0.2) is 23.8 Å². The number of hydrogen-bond acceptors (Lipinski definition) is 4.